The van der Waals surface area contributed by atoms with Gasteiger partial charge in [0.15, 0.2) is 0 Å². The van der Waals surface area contributed by atoms with E-state index in [1.54, 1.807) is 20.8 Å². The minimum Gasteiger partial charge on any atom is -0.481 e. The van der Waals surface area contributed by atoms with Crippen molar-refractivity contribution in [3.63, 3.8) is 0 Å². The third-order valence-corrected chi connectivity index (χ3v) is 2.38. The van der Waals surface area contributed by atoms with Crippen LogP contribution in [-0.2, 0) is 9.59 Å². The van der Waals surface area contributed by atoms with Crippen LogP contribution in [0.3, 0.4) is 0 Å². The smallest absolute Gasteiger partial charge is 0.303 e. The lowest BCUT2D eigenvalue weighted by Crippen LogP contribution is -2.42. The van der Waals surface area contributed by atoms with Crippen LogP contribution in [0.2, 0.25) is 0 Å². The van der Waals surface area contributed by atoms with Gasteiger partial charge in [-0.25, -0.2) is 0 Å². The second-order valence-electron chi connectivity index (χ2n) is 3.99. The van der Waals surface area contributed by atoms with Crippen molar-refractivity contribution in [3.05, 3.63) is 0 Å². The van der Waals surface area contributed by atoms with Crippen molar-refractivity contribution in [1.82, 2.24) is 5.32 Å². The van der Waals surface area contributed by atoms with E-state index in [2.05, 4.69) is 5.32 Å². The van der Waals surface area contributed by atoms with Crippen LogP contribution in [0.25, 0.3) is 0 Å². The van der Waals surface area contributed by atoms with Crippen LogP contribution in [0.5, 0.6) is 0 Å². The second kappa shape index (κ2) is 6.40. The summed E-state index contributed by atoms with van der Waals surface area (Å²) in [5.41, 5.74) is 5.58. The lowest BCUT2D eigenvalue weighted by Gasteiger charge is -2.19. The molecule has 0 aromatic rings. The van der Waals surface area contributed by atoms with Gasteiger partial charge in [-0.1, -0.05) is 6.92 Å². The molecule has 1 amide bonds. The highest BCUT2D eigenvalue weighted by Crippen LogP contribution is 2.02. The van der Waals surface area contributed by atoms with Crippen molar-refractivity contribution in [2.24, 2.45) is 11.7 Å². The number of rotatable bonds is 6. The van der Waals surface area contributed by atoms with E-state index in [4.69, 9.17) is 10.8 Å². The zero-order chi connectivity index (χ0) is 12.0. The monoisotopic (exact) mass is 216 g/mol. The van der Waals surface area contributed by atoms with Crippen molar-refractivity contribution in [2.45, 2.75) is 45.7 Å². The summed E-state index contributed by atoms with van der Waals surface area (Å²) in [6.45, 7) is 5.31. The molecule has 3 unspecified atom stereocenters. The fourth-order valence-electron chi connectivity index (χ4n) is 1.03. The number of carboxylic acids is 1. The largest absolute Gasteiger partial charge is 0.481 e. The number of carbonyl (C=O) groups excluding carboxylic acids is 1. The summed E-state index contributed by atoms with van der Waals surface area (Å²) in [6.07, 6.45) is 0.501. The topological polar surface area (TPSA) is 92.4 Å². The number of carbonyl (C=O) groups is 2. The van der Waals surface area contributed by atoms with Crippen LogP contribution in [-0.4, -0.2) is 29.1 Å². The number of carboxylic acid groups (broad SMARTS) is 1. The molecule has 0 aliphatic rings. The zero-order valence-corrected chi connectivity index (χ0v) is 9.49. The number of aliphatic carboxylic acids is 1. The first-order valence-electron chi connectivity index (χ1n) is 5.12. The highest BCUT2D eigenvalue weighted by atomic mass is 16.4. The molecule has 0 bridgehead atoms. The molecule has 0 aliphatic carbocycles. The molecule has 0 radical (unpaired) electrons. The summed E-state index contributed by atoms with van der Waals surface area (Å²) in [4.78, 5) is 21.8. The van der Waals surface area contributed by atoms with Gasteiger partial charge in [0.2, 0.25) is 5.91 Å². The summed E-state index contributed by atoms with van der Waals surface area (Å²) in [6, 6.07) is -0.327. The Kier molecular flexibility index (Phi) is 5.93. The normalized spacial score (nSPS) is 16.5. The molecule has 5 heteroatoms. The molecule has 5 nitrogen and oxygen atoms in total. The minimum absolute atomic E-state index is 0.0635. The molecule has 15 heavy (non-hydrogen) atoms. The number of hydrogen-bond acceptors (Lipinski definition) is 3. The molecule has 0 saturated carbocycles. The third kappa shape index (κ3) is 6.06. The number of amides is 1. The predicted octanol–water partition coefficient (Wildman–Crippen LogP) is 0.339. The number of hydrogen-bond donors (Lipinski definition) is 3. The lowest BCUT2D eigenvalue weighted by atomic mass is 10.0. The van der Waals surface area contributed by atoms with Crippen LogP contribution in [0.4, 0.5) is 0 Å². The molecule has 0 rings (SSSR count). The quantitative estimate of drug-likeness (QED) is 0.597. The Hall–Kier alpha value is -1.10. The number of nitrogens with one attached hydrogen (secondary N) is 1. The van der Waals surface area contributed by atoms with E-state index < -0.39 is 5.97 Å². The predicted molar refractivity (Wildman–Crippen MR) is 57.3 cm³/mol. The molecule has 0 aromatic heterocycles. The maximum atomic E-state index is 11.5. The lowest BCUT2D eigenvalue weighted by molar-refractivity contribution is -0.137. The van der Waals surface area contributed by atoms with Crippen LogP contribution in [0.15, 0.2) is 0 Å². The maximum Gasteiger partial charge on any atom is 0.303 e. The van der Waals surface area contributed by atoms with E-state index in [1.807, 2.05) is 0 Å². The van der Waals surface area contributed by atoms with Gasteiger partial charge in [0.25, 0.3) is 0 Å². The first-order valence-corrected chi connectivity index (χ1v) is 5.12. The Balaban J connectivity index is 3.90. The van der Waals surface area contributed by atoms with Gasteiger partial charge in [-0.2, -0.15) is 0 Å². The van der Waals surface area contributed by atoms with Crippen LogP contribution < -0.4 is 11.1 Å². The molecule has 0 saturated heterocycles. The molecular formula is C10H20N2O3. The standard InChI is InChI=1S/C10H20N2O3/c1-6(4-5-9(13)14)12-10(15)7(2)8(3)11/h6-8H,4-5,11H2,1-3H3,(H,12,15)(H,13,14). The average Bonchev–Trinajstić information content (AvgIpc) is 2.13. The van der Waals surface area contributed by atoms with E-state index in [9.17, 15) is 9.59 Å². The maximum absolute atomic E-state index is 11.5. The van der Waals surface area contributed by atoms with Crippen molar-refractivity contribution in [2.75, 3.05) is 0 Å². The van der Waals surface area contributed by atoms with Crippen LogP contribution >= 0.6 is 0 Å². The number of nitrogens with two attached hydrogens (primary N) is 1. The van der Waals surface area contributed by atoms with Crippen molar-refractivity contribution in [3.8, 4) is 0 Å². The Morgan fingerprint density at radius 1 is 1.33 bits per heavy atom. The highest BCUT2D eigenvalue weighted by Gasteiger charge is 2.18. The summed E-state index contributed by atoms with van der Waals surface area (Å²) in [5.74, 6) is -1.23. The SMILES string of the molecule is CC(CCC(=O)O)NC(=O)C(C)C(C)N. The first-order chi connectivity index (χ1) is 6.84. The van der Waals surface area contributed by atoms with Gasteiger partial charge in [-0.15, -0.1) is 0 Å². The minimum atomic E-state index is -0.851. The molecule has 0 heterocycles. The average molecular weight is 216 g/mol. The molecule has 0 aromatic carbocycles. The van der Waals surface area contributed by atoms with Gasteiger partial charge in [-0.05, 0) is 20.3 Å². The summed E-state index contributed by atoms with van der Waals surface area (Å²) in [5, 5.41) is 11.2. The van der Waals surface area contributed by atoms with E-state index in [1.165, 1.54) is 0 Å². The third-order valence-electron chi connectivity index (χ3n) is 2.38. The highest BCUT2D eigenvalue weighted by molar-refractivity contribution is 5.79. The Morgan fingerprint density at radius 3 is 2.27 bits per heavy atom. The first kappa shape index (κ1) is 13.9. The van der Waals surface area contributed by atoms with Crippen molar-refractivity contribution >= 4 is 11.9 Å². The van der Waals surface area contributed by atoms with Gasteiger partial charge < -0.3 is 16.2 Å². The van der Waals surface area contributed by atoms with Gasteiger partial charge in [0.1, 0.15) is 0 Å². The molecule has 4 N–H and O–H groups in total. The van der Waals surface area contributed by atoms with Gasteiger partial charge in [-0.3, -0.25) is 9.59 Å². The molecule has 0 aliphatic heterocycles. The van der Waals surface area contributed by atoms with Gasteiger partial charge >= 0.3 is 5.97 Å². The molecule has 88 valence electrons. The van der Waals surface area contributed by atoms with Gasteiger partial charge in [0.05, 0.1) is 0 Å². The fourth-order valence-corrected chi connectivity index (χ4v) is 1.03. The molecular weight excluding hydrogens is 196 g/mol. The Labute approximate surface area is 90.0 Å². The van der Waals surface area contributed by atoms with E-state index in [0.29, 0.717) is 6.42 Å². The van der Waals surface area contributed by atoms with Crippen LogP contribution in [0.1, 0.15) is 33.6 Å². The van der Waals surface area contributed by atoms with Crippen LogP contribution in [0, 0.1) is 5.92 Å². The Morgan fingerprint density at radius 2 is 1.87 bits per heavy atom. The van der Waals surface area contributed by atoms with E-state index in [-0.39, 0.29) is 30.3 Å². The van der Waals surface area contributed by atoms with Crippen molar-refractivity contribution in [1.29, 1.82) is 0 Å². The van der Waals surface area contributed by atoms with Crippen molar-refractivity contribution < 1.29 is 14.7 Å². The molecule has 0 fully saturated rings. The zero-order valence-electron chi connectivity index (χ0n) is 9.49. The molecule has 3 atom stereocenters. The van der Waals surface area contributed by atoms with Gasteiger partial charge in [0, 0.05) is 24.4 Å². The van der Waals surface area contributed by atoms with E-state index >= 15 is 0 Å². The Bertz CT molecular complexity index is 229. The summed E-state index contributed by atoms with van der Waals surface area (Å²) >= 11 is 0. The summed E-state index contributed by atoms with van der Waals surface area (Å²) < 4.78 is 0. The summed E-state index contributed by atoms with van der Waals surface area (Å²) in [7, 11) is 0. The fraction of sp³-hybridized carbons (Fsp3) is 0.800. The van der Waals surface area contributed by atoms with E-state index in [0.717, 1.165) is 0 Å². The molecule has 0 spiro atoms. The second-order valence-corrected chi connectivity index (χ2v) is 3.99.